The second kappa shape index (κ2) is 4.63. The van der Waals surface area contributed by atoms with Crippen LogP contribution in [-0.2, 0) is 9.53 Å². The Hall–Kier alpha value is -0.750. The lowest BCUT2D eigenvalue weighted by Gasteiger charge is -2.35. The summed E-state index contributed by atoms with van der Waals surface area (Å²) in [4.78, 5) is 13.4. The van der Waals surface area contributed by atoms with Crippen LogP contribution in [0.5, 0.6) is 0 Å². The molecule has 1 amide bonds. The molecular formula is C14H21F2NO3. The third-order valence-corrected chi connectivity index (χ3v) is 4.97. The van der Waals surface area contributed by atoms with Gasteiger partial charge in [0.15, 0.2) is 0 Å². The Morgan fingerprint density at radius 3 is 2.45 bits per heavy atom. The van der Waals surface area contributed by atoms with Crippen molar-refractivity contribution in [2.45, 2.75) is 50.0 Å². The van der Waals surface area contributed by atoms with Crippen LogP contribution < -0.4 is 0 Å². The Morgan fingerprint density at radius 2 is 1.85 bits per heavy atom. The number of amides is 1. The van der Waals surface area contributed by atoms with Crippen LogP contribution in [-0.4, -0.2) is 53.7 Å². The number of alkyl halides is 2. The van der Waals surface area contributed by atoms with Gasteiger partial charge in [-0.3, -0.25) is 4.79 Å². The predicted octanol–water partition coefficient (Wildman–Crippen LogP) is 1.57. The lowest BCUT2D eigenvalue weighted by atomic mass is 9.92. The van der Waals surface area contributed by atoms with Gasteiger partial charge in [-0.25, -0.2) is 0 Å². The monoisotopic (exact) mass is 289 g/mol. The number of halogens is 2. The molecule has 6 heteroatoms. The summed E-state index contributed by atoms with van der Waals surface area (Å²) in [6.45, 7) is 1.36. The Kier molecular flexibility index (Phi) is 3.29. The van der Waals surface area contributed by atoms with Crippen LogP contribution in [0.3, 0.4) is 0 Å². The molecule has 0 radical (unpaired) electrons. The molecule has 0 aromatic rings. The van der Waals surface area contributed by atoms with Crippen LogP contribution in [0.25, 0.3) is 0 Å². The summed E-state index contributed by atoms with van der Waals surface area (Å²) < 4.78 is 34.2. The van der Waals surface area contributed by atoms with Crippen LogP contribution >= 0.6 is 0 Å². The van der Waals surface area contributed by atoms with E-state index < -0.39 is 17.4 Å². The third-order valence-electron chi connectivity index (χ3n) is 4.97. The Balaban J connectivity index is 1.76. The van der Waals surface area contributed by atoms with Gasteiger partial charge in [0.1, 0.15) is 5.60 Å². The predicted molar refractivity (Wildman–Crippen MR) is 67.4 cm³/mol. The maximum absolute atomic E-state index is 14.4. The second-order valence-electron chi connectivity index (χ2n) is 6.59. The van der Waals surface area contributed by atoms with Crippen molar-refractivity contribution in [3.63, 3.8) is 0 Å². The number of nitrogens with zero attached hydrogens (tertiary/aromatic N) is 1. The summed E-state index contributed by atoms with van der Waals surface area (Å²) >= 11 is 0. The largest absolute Gasteiger partial charge is 0.383 e. The molecule has 3 aliphatic rings. The molecule has 1 heterocycles. The van der Waals surface area contributed by atoms with Gasteiger partial charge in [-0.05, 0) is 25.7 Å². The first-order valence-corrected chi connectivity index (χ1v) is 7.36. The topological polar surface area (TPSA) is 49.8 Å². The van der Waals surface area contributed by atoms with Gasteiger partial charge in [0.05, 0.1) is 13.2 Å². The fraction of sp³-hybridized carbons (Fsp3) is 0.929. The van der Waals surface area contributed by atoms with E-state index in [1.54, 1.807) is 0 Å². The highest BCUT2D eigenvalue weighted by Crippen LogP contribution is 2.48. The number of carbonyl (C=O) groups is 1. The maximum Gasteiger partial charge on any atom is 0.352 e. The minimum absolute atomic E-state index is 0.00121. The quantitative estimate of drug-likeness (QED) is 0.839. The molecule has 1 spiro atoms. The maximum atomic E-state index is 14.4. The van der Waals surface area contributed by atoms with Crippen LogP contribution in [0.1, 0.15) is 38.5 Å². The lowest BCUT2D eigenvalue weighted by Crippen LogP contribution is -2.57. The summed E-state index contributed by atoms with van der Waals surface area (Å²) in [6, 6.07) is 0. The van der Waals surface area contributed by atoms with E-state index in [9.17, 15) is 18.7 Å². The number of ether oxygens (including phenoxy) is 1. The number of hydrogen-bond donors (Lipinski definition) is 1. The van der Waals surface area contributed by atoms with Gasteiger partial charge in [0.2, 0.25) is 0 Å². The highest BCUT2D eigenvalue weighted by Gasteiger charge is 2.61. The minimum atomic E-state index is -3.69. The lowest BCUT2D eigenvalue weighted by molar-refractivity contribution is -0.200. The number of aliphatic hydroxyl groups is 1. The van der Waals surface area contributed by atoms with E-state index in [1.165, 1.54) is 4.90 Å². The van der Waals surface area contributed by atoms with Crippen LogP contribution in [0.4, 0.5) is 8.78 Å². The van der Waals surface area contributed by atoms with Crippen molar-refractivity contribution in [1.82, 2.24) is 4.90 Å². The van der Waals surface area contributed by atoms with Crippen molar-refractivity contribution in [3.05, 3.63) is 0 Å². The highest BCUT2D eigenvalue weighted by molar-refractivity contribution is 5.85. The molecule has 0 atom stereocenters. The van der Waals surface area contributed by atoms with Gasteiger partial charge < -0.3 is 14.7 Å². The van der Waals surface area contributed by atoms with Gasteiger partial charge in [0, 0.05) is 18.5 Å². The van der Waals surface area contributed by atoms with Crippen molar-refractivity contribution >= 4 is 5.91 Å². The zero-order valence-electron chi connectivity index (χ0n) is 11.5. The number of carbonyl (C=O) groups excluding carboxylic acids is 1. The molecule has 20 heavy (non-hydrogen) atoms. The molecule has 3 rings (SSSR count). The summed E-state index contributed by atoms with van der Waals surface area (Å²) in [5.41, 5.74) is -2.27. The van der Waals surface area contributed by atoms with Crippen molar-refractivity contribution < 1.29 is 23.4 Å². The Morgan fingerprint density at radius 1 is 1.20 bits per heavy atom. The molecule has 0 unspecified atom stereocenters. The van der Waals surface area contributed by atoms with Crippen LogP contribution in [0, 0.1) is 5.41 Å². The first kappa shape index (κ1) is 14.2. The molecule has 1 aliphatic heterocycles. The zero-order chi connectivity index (χ0) is 14.4. The van der Waals surface area contributed by atoms with E-state index >= 15 is 0 Å². The summed E-state index contributed by atoms with van der Waals surface area (Å²) in [5, 5.41) is 10.1. The van der Waals surface area contributed by atoms with E-state index in [0.717, 1.165) is 12.8 Å². The average molecular weight is 289 g/mol. The molecule has 4 nitrogen and oxygen atoms in total. The molecule has 1 N–H and O–H groups in total. The number of hydrogen-bond acceptors (Lipinski definition) is 3. The molecule has 0 aromatic carbocycles. The normalized spacial score (nSPS) is 28.4. The van der Waals surface area contributed by atoms with Crippen LogP contribution in [0.15, 0.2) is 0 Å². The van der Waals surface area contributed by atoms with E-state index in [0.29, 0.717) is 32.6 Å². The summed E-state index contributed by atoms with van der Waals surface area (Å²) in [7, 11) is 0. The molecule has 114 valence electrons. The molecule has 0 bridgehead atoms. The van der Waals surface area contributed by atoms with Crippen molar-refractivity contribution in [2.75, 3.05) is 26.3 Å². The molecule has 1 saturated heterocycles. The molecule has 3 fully saturated rings. The summed E-state index contributed by atoms with van der Waals surface area (Å²) in [5.74, 6) is -4.91. The third kappa shape index (κ3) is 2.22. The minimum Gasteiger partial charge on any atom is -0.383 e. The molecule has 0 aromatic heterocycles. The van der Waals surface area contributed by atoms with Crippen LogP contribution in [0.2, 0.25) is 0 Å². The number of rotatable bonds is 2. The SMILES string of the molecule is O=C(N1CCOCC2(CC2)C1)C(F)(F)C1(O)CCCC1. The van der Waals surface area contributed by atoms with Gasteiger partial charge >= 0.3 is 5.92 Å². The summed E-state index contributed by atoms with van der Waals surface area (Å²) in [6.07, 6.45) is 2.94. The van der Waals surface area contributed by atoms with Crippen molar-refractivity contribution in [3.8, 4) is 0 Å². The van der Waals surface area contributed by atoms with E-state index in [1.807, 2.05) is 0 Å². The van der Waals surface area contributed by atoms with Crippen molar-refractivity contribution in [1.29, 1.82) is 0 Å². The Labute approximate surface area is 117 Å². The highest BCUT2D eigenvalue weighted by atomic mass is 19.3. The zero-order valence-corrected chi connectivity index (χ0v) is 11.5. The van der Waals surface area contributed by atoms with E-state index in [-0.39, 0.29) is 24.8 Å². The van der Waals surface area contributed by atoms with E-state index in [2.05, 4.69) is 0 Å². The first-order chi connectivity index (χ1) is 9.39. The van der Waals surface area contributed by atoms with Gasteiger partial charge in [0.25, 0.3) is 5.91 Å². The second-order valence-corrected chi connectivity index (χ2v) is 6.59. The fourth-order valence-corrected chi connectivity index (χ4v) is 3.32. The van der Waals surface area contributed by atoms with E-state index in [4.69, 9.17) is 4.74 Å². The Bertz CT molecular complexity index is 403. The molecule has 2 saturated carbocycles. The van der Waals surface area contributed by atoms with Crippen molar-refractivity contribution in [2.24, 2.45) is 5.41 Å². The molecule has 2 aliphatic carbocycles. The first-order valence-electron chi connectivity index (χ1n) is 7.36. The van der Waals surface area contributed by atoms with Gasteiger partial charge in [-0.15, -0.1) is 0 Å². The smallest absolute Gasteiger partial charge is 0.352 e. The standard InChI is InChI=1S/C14H21F2NO3/c15-14(16,13(19)3-1-2-4-13)11(18)17-7-8-20-10-12(9-17)5-6-12/h19H,1-10H2. The van der Waals surface area contributed by atoms with Gasteiger partial charge in [-0.2, -0.15) is 8.78 Å². The fourth-order valence-electron chi connectivity index (χ4n) is 3.32. The van der Waals surface area contributed by atoms with Gasteiger partial charge in [-0.1, -0.05) is 12.8 Å². The average Bonchev–Trinajstić information content (AvgIpc) is 3.10. The molecular weight excluding hydrogens is 268 g/mol.